The molecule has 4 aromatic rings. The first-order chi connectivity index (χ1) is 15.1. The number of ether oxygens (including phenoxy) is 2. The van der Waals surface area contributed by atoms with Crippen LogP contribution >= 0.6 is 11.6 Å². The van der Waals surface area contributed by atoms with Gasteiger partial charge in [0.1, 0.15) is 23.4 Å². The molecule has 1 heterocycles. The largest absolute Gasteiger partial charge is 0.487 e. The molecule has 1 aliphatic rings. The molecule has 1 aromatic heterocycles. The molecule has 0 amide bonds. The van der Waals surface area contributed by atoms with Crippen LogP contribution in [0, 0.1) is 11.3 Å². The molecule has 152 valence electrons. The van der Waals surface area contributed by atoms with E-state index in [0.29, 0.717) is 33.7 Å². The number of hydrogen-bond donors (Lipinski definition) is 1. The second-order valence-corrected chi connectivity index (χ2v) is 7.74. The quantitative estimate of drug-likeness (QED) is 0.435. The molecule has 1 fully saturated rings. The Bertz CT molecular complexity index is 1330. The molecule has 5 rings (SSSR count). The van der Waals surface area contributed by atoms with Gasteiger partial charge in [0.05, 0.1) is 33.9 Å². The van der Waals surface area contributed by atoms with Crippen molar-refractivity contribution in [2.45, 2.75) is 18.9 Å². The van der Waals surface area contributed by atoms with E-state index in [-0.39, 0.29) is 6.10 Å². The van der Waals surface area contributed by atoms with E-state index in [2.05, 4.69) is 16.0 Å². The zero-order chi connectivity index (χ0) is 21.4. The minimum atomic E-state index is 0.155. The lowest BCUT2D eigenvalue weighted by atomic mass is 10.0. The molecule has 7 heteroatoms. The number of rotatable bonds is 5. The molecule has 2 N–H and O–H groups in total. The van der Waals surface area contributed by atoms with Gasteiger partial charge < -0.3 is 15.2 Å². The summed E-state index contributed by atoms with van der Waals surface area (Å²) in [7, 11) is 0. The summed E-state index contributed by atoms with van der Waals surface area (Å²) in [6.45, 7) is 0. The molecular formula is C24H17ClN4O2. The van der Waals surface area contributed by atoms with E-state index in [0.717, 1.165) is 35.0 Å². The van der Waals surface area contributed by atoms with Crippen molar-refractivity contribution in [3.63, 3.8) is 0 Å². The van der Waals surface area contributed by atoms with Crippen LogP contribution in [-0.2, 0) is 0 Å². The molecule has 1 aliphatic carbocycles. The van der Waals surface area contributed by atoms with Crippen molar-refractivity contribution in [2.75, 3.05) is 5.73 Å². The molecule has 0 bridgehead atoms. The highest BCUT2D eigenvalue weighted by Crippen LogP contribution is 2.38. The SMILES string of the molecule is N#Cc1cc(Oc2ccc(-c3ccc4nc(N)cnc4c3)cc2)cc(Cl)c1OC1CC1. The molecule has 0 radical (unpaired) electrons. The molecule has 0 saturated heterocycles. The number of nitrogens with zero attached hydrogens (tertiary/aromatic N) is 3. The van der Waals surface area contributed by atoms with Crippen molar-refractivity contribution in [1.82, 2.24) is 9.97 Å². The number of nitriles is 1. The minimum absolute atomic E-state index is 0.155. The van der Waals surface area contributed by atoms with Crippen LogP contribution in [0.15, 0.2) is 60.8 Å². The van der Waals surface area contributed by atoms with Gasteiger partial charge in [0.25, 0.3) is 0 Å². The first-order valence-electron chi connectivity index (χ1n) is 9.80. The van der Waals surface area contributed by atoms with E-state index in [1.807, 2.05) is 42.5 Å². The number of halogens is 1. The topological polar surface area (TPSA) is 94.0 Å². The van der Waals surface area contributed by atoms with Gasteiger partial charge in [-0.05, 0) is 48.2 Å². The van der Waals surface area contributed by atoms with Crippen molar-refractivity contribution in [3.8, 4) is 34.4 Å². The Hall–Kier alpha value is -3.82. The number of nitrogens with two attached hydrogens (primary N) is 1. The Kier molecular flexibility index (Phi) is 4.81. The molecule has 0 spiro atoms. The maximum atomic E-state index is 9.46. The highest BCUT2D eigenvalue weighted by molar-refractivity contribution is 6.32. The number of benzene rings is 3. The first kappa shape index (κ1) is 19.2. The highest BCUT2D eigenvalue weighted by Gasteiger charge is 2.26. The van der Waals surface area contributed by atoms with Gasteiger partial charge in [-0.2, -0.15) is 5.26 Å². The molecule has 6 nitrogen and oxygen atoms in total. The van der Waals surface area contributed by atoms with Crippen LogP contribution in [0.4, 0.5) is 5.82 Å². The fraction of sp³-hybridized carbons (Fsp3) is 0.125. The lowest BCUT2D eigenvalue weighted by Gasteiger charge is -2.12. The fourth-order valence-corrected chi connectivity index (χ4v) is 3.49. The second kappa shape index (κ2) is 7.78. The predicted octanol–water partition coefficient (Wildman–Crippen LogP) is 5.74. The molecule has 31 heavy (non-hydrogen) atoms. The van der Waals surface area contributed by atoms with Gasteiger partial charge in [-0.1, -0.05) is 29.8 Å². The number of fused-ring (bicyclic) bond motifs is 1. The maximum Gasteiger partial charge on any atom is 0.156 e. The Morgan fingerprint density at radius 3 is 2.48 bits per heavy atom. The van der Waals surface area contributed by atoms with E-state index in [1.165, 1.54) is 0 Å². The Morgan fingerprint density at radius 1 is 0.968 bits per heavy atom. The van der Waals surface area contributed by atoms with Crippen molar-refractivity contribution >= 4 is 28.5 Å². The Labute approximate surface area is 183 Å². The molecule has 0 atom stereocenters. The van der Waals surface area contributed by atoms with Crippen molar-refractivity contribution in [1.29, 1.82) is 5.26 Å². The standard InChI is InChI=1S/C24H17ClN4O2/c25-20-11-19(9-16(12-26)24(20)31-18-6-7-18)30-17-4-1-14(2-5-17)15-3-8-21-22(10-15)28-13-23(27)29-21/h1-5,8-11,13,18H,6-7H2,(H2,27,29). The van der Waals surface area contributed by atoms with Crippen molar-refractivity contribution in [3.05, 3.63) is 71.4 Å². The van der Waals surface area contributed by atoms with Gasteiger partial charge in [0.15, 0.2) is 5.75 Å². The van der Waals surface area contributed by atoms with Crippen LogP contribution in [-0.4, -0.2) is 16.1 Å². The fourth-order valence-electron chi connectivity index (χ4n) is 3.24. The summed E-state index contributed by atoms with van der Waals surface area (Å²) >= 11 is 6.34. The number of hydrogen-bond acceptors (Lipinski definition) is 6. The molecule has 3 aromatic carbocycles. The third-order valence-corrected chi connectivity index (χ3v) is 5.21. The summed E-state index contributed by atoms with van der Waals surface area (Å²) in [5.41, 5.74) is 9.61. The normalized spacial score (nSPS) is 13.0. The van der Waals surface area contributed by atoms with Gasteiger partial charge in [0, 0.05) is 12.1 Å². The lowest BCUT2D eigenvalue weighted by molar-refractivity contribution is 0.302. The van der Waals surface area contributed by atoms with Crippen molar-refractivity contribution < 1.29 is 9.47 Å². The van der Waals surface area contributed by atoms with Gasteiger partial charge in [-0.3, -0.25) is 4.98 Å². The minimum Gasteiger partial charge on any atom is -0.487 e. The summed E-state index contributed by atoms with van der Waals surface area (Å²) in [6, 6.07) is 18.9. The number of aromatic nitrogens is 2. The van der Waals surface area contributed by atoms with E-state index in [1.54, 1.807) is 18.3 Å². The summed E-state index contributed by atoms with van der Waals surface area (Å²) in [5.74, 6) is 1.94. The Balaban J connectivity index is 1.37. The van der Waals surface area contributed by atoms with E-state index in [9.17, 15) is 5.26 Å². The van der Waals surface area contributed by atoms with Gasteiger partial charge >= 0.3 is 0 Å². The van der Waals surface area contributed by atoms with Gasteiger partial charge in [-0.25, -0.2) is 4.98 Å². The summed E-state index contributed by atoms with van der Waals surface area (Å²) in [6.07, 6.45) is 3.68. The van der Waals surface area contributed by atoms with Crippen LogP contribution in [0.5, 0.6) is 17.2 Å². The molecule has 0 unspecified atom stereocenters. The molecular weight excluding hydrogens is 412 g/mol. The first-order valence-corrected chi connectivity index (χ1v) is 10.2. The van der Waals surface area contributed by atoms with Crippen molar-refractivity contribution in [2.24, 2.45) is 0 Å². The number of nitrogen functional groups attached to an aromatic ring is 1. The van der Waals surface area contributed by atoms with Gasteiger partial charge in [-0.15, -0.1) is 0 Å². The van der Waals surface area contributed by atoms with Crippen LogP contribution in [0.25, 0.3) is 22.2 Å². The molecule has 1 saturated carbocycles. The third kappa shape index (κ3) is 4.09. The third-order valence-electron chi connectivity index (χ3n) is 4.93. The van der Waals surface area contributed by atoms with Gasteiger partial charge in [0.2, 0.25) is 0 Å². The summed E-state index contributed by atoms with van der Waals surface area (Å²) in [5, 5.41) is 9.83. The average Bonchev–Trinajstić information content (AvgIpc) is 3.60. The monoisotopic (exact) mass is 428 g/mol. The summed E-state index contributed by atoms with van der Waals surface area (Å²) < 4.78 is 11.7. The highest BCUT2D eigenvalue weighted by atomic mass is 35.5. The zero-order valence-corrected chi connectivity index (χ0v) is 17.1. The van der Waals surface area contributed by atoms with Crippen LogP contribution in [0.3, 0.4) is 0 Å². The van der Waals surface area contributed by atoms with Crippen LogP contribution in [0.1, 0.15) is 18.4 Å². The van der Waals surface area contributed by atoms with Crippen LogP contribution < -0.4 is 15.2 Å². The average molecular weight is 429 g/mol. The lowest BCUT2D eigenvalue weighted by Crippen LogP contribution is -1.99. The van der Waals surface area contributed by atoms with E-state index in [4.69, 9.17) is 26.8 Å². The number of anilines is 1. The van der Waals surface area contributed by atoms with Crippen LogP contribution in [0.2, 0.25) is 5.02 Å². The van der Waals surface area contributed by atoms with E-state index < -0.39 is 0 Å². The molecule has 0 aliphatic heterocycles. The smallest absolute Gasteiger partial charge is 0.156 e. The predicted molar refractivity (Wildman–Crippen MR) is 119 cm³/mol. The maximum absolute atomic E-state index is 9.46. The zero-order valence-electron chi connectivity index (χ0n) is 16.4. The van der Waals surface area contributed by atoms with E-state index >= 15 is 0 Å². The summed E-state index contributed by atoms with van der Waals surface area (Å²) in [4.78, 5) is 8.60. The second-order valence-electron chi connectivity index (χ2n) is 7.34. The Morgan fingerprint density at radius 2 is 1.74 bits per heavy atom.